The molecule has 8 nitrogen and oxygen atoms in total. The second-order valence-electron chi connectivity index (χ2n) is 6.30. The van der Waals surface area contributed by atoms with E-state index in [2.05, 4.69) is 5.32 Å². The maximum Gasteiger partial charge on any atom is 0.243 e. The quantitative estimate of drug-likeness (QED) is 0.666. The van der Waals surface area contributed by atoms with Gasteiger partial charge in [-0.2, -0.15) is 0 Å². The molecule has 1 amide bonds. The predicted octanol–water partition coefficient (Wildman–Crippen LogP) is 2.18. The lowest BCUT2D eigenvalue weighted by molar-refractivity contribution is -0.122. The number of benzene rings is 2. The summed E-state index contributed by atoms with van der Waals surface area (Å²) in [6.45, 7) is 1.71. The molecule has 0 radical (unpaired) electrons. The number of nitrogens with one attached hydrogen (secondary N) is 1. The van der Waals surface area contributed by atoms with E-state index < -0.39 is 22.0 Å². The number of rotatable bonds is 9. The van der Waals surface area contributed by atoms with Crippen molar-refractivity contribution in [3.05, 3.63) is 48.0 Å². The fourth-order valence-corrected chi connectivity index (χ4v) is 4.10. The molecule has 29 heavy (non-hydrogen) atoms. The molecule has 0 saturated carbocycles. The van der Waals surface area contributed by atoms with Gasteiger partial charge in [-0.1, -0.05) is 18.2 Å². The summed E-state index contributed by atoms with van der Waals surface area (Å²) in [4.78, 5) is 12.8. The number of sulfonamides is 1. The van der Waals surface area contributed by atoms with E-state index in [1.54, 1.807) is 25.3 Å². The second kappa shape index (κ2) is 9.51. The minimum atomic E-state index is -3.80. The molecule has 1 N–H and O–H groups in total. The van der Waals surface area contributed by atoms with Crippen LogP contribution < -0.4 is 23.8 Å². The Balaban J connectivity index is 2.32. The number of hydrogen-bond acceptors (Lipinski definition) is 6. The zero-order valence-corrected chi connectivity index (χ0v) is 17.9. The van der Waals surface area contributed by atoms with Crippen molar-refractivity contribution < 1.29 is 27.4 Å². The standard InChI is InChI=1S/C20H26N2O6S/c1-14(20(23)21-13-15-8-6-7-9-18(15)27-3)22(29(5,24)25)17-12-16(26-2)10-11-19(17)28-4/h6-12,14H,13H2,1-5H3,(H,21,23)/t14-/m1/s1. The van der Waals surface area contributed by atoms with E-state index in [-0.39, 0.29) is 12.2 Å². The van der Waals surface area contributed by atoms with Crippen LogP contribution in [0.2, 0.25) is 0 Å². The van der Waals surface area contributed by atoms with Gasteiger partial charge in [-0.15, -0.1) is 0 Å². The summed E-state index contributed by atoms with van der Waals surface area (Å²) in [7, 11) is 0.643. The van der Waals surface area contributed by atoms with Crippen molar-refractivity contribution in [3.8, 4) is 17.2 Å². The number of ether oxygens (including phenoxy) is 3. The molecule has 1 atom stereocenters. The van der Waals surface area contributed by atoms with Crippen LogP contribution in [0.3, 0.4) is 0 Å². The molecule has 158 valence electrons. The average molecular weight is 423 g/mol. The van der Waals surface area contributed by atoms with Gasteiger partial charge in [0.25, 0.3) is 0 Å². The molecule has 0 fully saturated rings. The van der Waals surface area contributed by atoms with Crippen LogP contribution in [0.1, 0.15) is 12.5 Å². The van der Waals surface area contributed by atoms with Crippen molar-refractivity contribution in [2.75, 3.05) is 31.9 Å². The zero-order chi connectivity index (χ0) is 21.6. The highest BCUT2D eigenvalue weighted by atomic mass is 32.2. The van der Waals surface area contributed by atoms with Gasteiger partial charge >= 0.3 is 0 Å². The zero-order valence-electron chi connectivity index (χ0n) is 17.1. The Hall–Kier alpha value is -2.94. The summed E-state index contributed by atoms with van der Waals surface area (Å²) in [5, 5.41) is 2.76. The van der Waals surface area contributed by atoms with Gasteiger partial charge in [0.2, 0.25) is 15.9 Å². The Bertz CT molecular complexity index is 961. The molecular weight excluding hydrogens is 396 g/mol. The SMILES string of the molecule is COc1ccc(OC)c(N([C@H](C)C(=O)NCc2ccccc2OC)S(C)(=O)=O)c1. The molecule has 2 aromatic carbocycles. The van der Waals surface area contributed by atoms with Crippen molar-refractivity contribution >= 4 is 21.6 Å². The van der Waals surface area contributed by atoms with Gasteiger partial charge < -0.3 is 19.5 Å². The van der Waals surface area contributed by atoms with E-state index >= 15 is 0 Å². The monoisotopic (exact) mass is 422 g/mol. The summed E-state index contributed by atoms with van der Waals surface area (Å²) in [6.07, 6.45) is 1.04. The Morgan fingerprint density at radius 1 is 1.03 bits per heavy atom. The largest absolute Gasteiger partial charge is 0.497 e. The van der Waals surface area contributed by atoms with Crippen molar-refractivity contribution in [1.82, 2.24) is 5.32 Å². The topological polar surface area (TPSA) is 94.2 Å². The van der Waals surface area contributed by atoms with E-state index in [1.807, 2.05) is 18.2 Å². The first kappa shape index (κ1) is 22.4. The summed E-state index contributed by atoms with van der Waals surface area (Å²) in [6, 6.07) is 11.0. The molecule has 0 bridgehead atoms. The lowest BCUT2D eigenvalue weighted by Crippen LogP contribution is -2.47. The first-order chi connectivity index (χ1) is 13.7. The van der Waals surface area contributed by atoms with Crippen LogP contribution in [-0.4, -0.2) is 48.0 Å². The highest BCUT2D eigenvalue weighted by Gasteiger charge is 2.31. The third kappa shape index (κ3) is 5.32. The fraction of sp³-hybridized carbons (Fsp3) is 0.350. The van der Waals surface area contributed by atoms with E-state index in [4.69, 9.17) is 14.2 Å². The predicted molar refractivity (Wildman–Crippen MR) is 111 cm³/mol. The Labute approximate surface area is 171 Å². The molecule has 0 aliphatic rings. The number of carbonyl (C=O) groups excluding carboxylic acids is 1. The number of hydrogen-bond donors (Lipinski definition) is 1. The van der Waals surface area contributed by atoms with Crippen molar-refractivity contribution in [2.24, 2.45) is 0 Å². The van der Waals surface area contributed by atoms with Crippen LogP contribution in [0.25, 0.3) is 0 Å². The van der Waals surface area contributed by atoms with Gasteiger partial charge in [-0.25, -0.2) is 8.42 Å². The van der Waals surface area contributed by atoms with E-state index in [0.717, 1.165) is 16.1 Å². The van der Waals surface area contributed by atoms with Crippen LogP contribution >= 0.6 is 0 Å². The van der Waals surface area contributed by atoms with Crippen molar-refractivity contribution in [2.45, 2.75) is 19.5 Å². The third-order valence-electron chi connectivity index (χ3n) is 4.36. The van der Waals surface area contributed by atoms with Crippen LogP contribution in [-0.2, 0) is 21.4 Å². The normalized spacial score (nSPS) is 12.0. The number of carbonyl (C=O) groups is 1. The van der Waals surface area contributed by atoms with E-state index in [9.17, 15) is 13.2 Å². The average Bonchev–Trinajstić information content (AvgIpc) is 2.71. The second-order valence-corrected chi connectivity index (χ2v) is 8.16. The van der Waals surface area contributed by atoms with Gasteiger partial charge in [0.1, 0.15) is 23.3 Å². The first-order valence-electron chi connectivity index (χ1n) is 8.84. The van der Waals surface area contributed by atoms with Crippen LogP contribution in [0, 0.1) is 0 Å². The number of amides is 1. The number of nitrogens with zero attached hydrogens (tertiary/aromatic N) is 1. The molecule has 0 aliphatic carbocycles. The lowest BCUT2D eigenvalue weighted by atomic mass is 10.2. The summed E-state index contributed by atoms with van der Waals surface area (Å²) in [5.74, 6) is 0.915. The van der Waals surface area contributed by atoms with Gasteiger partial charge in [0.05, 0.1) is 33.3 Å². The highest BCUT2D eigenvalue weighted by Crippen LogP contribution is 2.35. The summed E-state index contributed by atoms with van der Waals surface area (Å²) >= 11 is 0. The Kier molecular flexibility index (Phi) is 7.33. The molecule has 0 saturated heterocycles. The van der Waals surface area contributed by atoms with Gasteiger partial charge in [0, 0.05) is 18.2 Å². The smallest absolute Gasteiger partial charge is 0.243 e. The molecule has 2 aromatic rings. The molecule has 2 rings (SSSR count). The summed E-state index contributed by atoms with van der Waals surface area (Å²) in [5.41, 5.74) is 0.995. The van der Waals surface area contributed by atoms with Crippen LogP contribution in [0.4, 0.5) is 5.69 Å². The third-order valence-corrected chi connectivity index (χ3v) is 5.59. The van der Waals surface area contributed by atoms with Crippen LogP contribution in [0.5, 0.6) is 17.2 Å². The van der Waals surface area contributed by atoms with Crippen molar-refractivity contribution in [3.63, 3.8) is 0 Å². The Morgan fingerprint density at radius 2 is 1.69 bits per heavy atom. The molecule has 0 unspecified atom stereocenters. The van der Waals surface area contributed by atoms with Crippen LogP contribution in [0.15, 0.2) is 42.5 Å². The molecule has 0 aromatic heterocycles. The van der Waals surface area contributed by atoms with Crippen molar-refractivity contribution in [1.29, 1.82) is 0 Å². The lowest BCUT2D eigenvalue weighted by Gasteiger charge is -2.29. The van der Waals surface area contributed by atoms with E-state index in [0.29, 0.717) is 17.2 Å². The molecule has 9 heteroatoms. The fourth-order valence-electron chi connectivity index (χ4n) is 2.93. The number of anilines is 1. The van der Waals surface area contributed by atoms with Gasteiger partial charge in [-0.05, 0) is 25.1 Å². The maximum atomic E-state index is 12.8. The Morgan fingerprint density at radius 3 is 2.28 bits per heavy atom. The minimum absolute atomic E-state index is 0.194. The summed E-state index contributed by atoms with van der Waals surface area (Å²) < 4.78 is 41.9. The molecular formula is C20H26N2O6S. The van der Waals surface area contributed by atoms with Gasteiger partial charge in [-0.3, -0.25) is 9.10 Å². The molecule has 0 heterocycles. The molecule has 0 spiro atoms. The maximum absolute atomic E-state index is 12.8. The minimum Gasteiger partial charge on any atom is -0.497 e. The number of para-hydroxylation sites is 1. The highest BCUT2D eigenvalue weighted by molar-refractivity contribution is 7.92. The van der Waals surface area contributed by atoms with E-state index in [1.165, 1.54) is 27.2 Å². The first-order valence-corrected chi connectivity index (χ1v) is 10.7. The van der Waals surface area contributed by atoms with Gasteiger partial charge in [0.15, 0.2) is 0 Å². The number of methoxy groups -OCH3 is 3. The molecule has 0 aliphatic heterocycles.